The van der Waals surface area contributed by atoms with E-state index in [9.17, 15) is 19.7 Å². The number of rotatable bonds is 7. The molecule has 0 aliphatic heterocycles. The summed E-state index contributed by atoms with van der Waals surface area (Å²) in [6.45, 7) is 2.11. The number of non-ortho nitro benzene ring substituents is 1. The van der Waals surface area contributed by atoms with Crippen LogP contribution in [0, 0.1) is 10.1 Å². The first kappa shape index (κ1) is 16.4. The van der Waals surface area contributed by atoms with Gasteiger partial charge in [-0.15, -0.1) is 0 Å². The second-order valence-corrected chi connectivity index (χ2v) is 4.17. The zero-order chi connectivity index (χ0) is 16.0. The number of ether oxygens (including phenoxy) is 1. The lowest BCUT2D eigenvalue weighted by Gasteiger charge is -2.21. The number of amides is 1. The highest BCUT2D eigenvalue weighted by molar-refractivity contribution is 5.97. The molecule has 0 saturated carbocycles. The maximum atomic E-state index is 12.3. The van der Waals surface area contributed by atoms with Crippen molar-refractivity contribution in [2.45, 2.75) is 13.3 Å². The van der Waals surface area contributed by atoms with Gasteiger partial charge in [0.2, 0.25) is 0 Å². The van der Waals surface area contributed by atoms with Gasteiger partial charge in [0, 0.05) is 19.2 Å². The predicted molar refractivity (Wildman–Crippen MR) is 73.5 cm³/mol. The van der Waals surface area contributed by atoms with Crippen LogP contribution >= 0.6 is 0 Å². The number of carboxylic acids is 1. The van der Waals surface area contributed by atoms with Crippen LogP contribution in [0.3, 0.4) is 0 Å². The third-order valence-corrected chi connectivity index (χ3v) is 2.89. The van der Waals surface area contributed by atoms with E-state index < -0.39 is 16.8 Å². The summed E-state index contributed by atoms with van der Waals surface area (Å²) in [6.07, 6.45) is -0.172. The van der Waals surface area contributed by atoms with Crippen LogP contribution < -0.4 is 4.74 Å². The van der Waals surface area contributed by atoms with E-state index in [-0.39, 0.29) is 30.0 Å². The number of nitro groups is 1. The fourth-order valence-electron chi connectivity index (χ4n) is 1.77. The molecule has 0 saturated heterocycles. The molecule has 0 heterocycles. The molecule has 0 aliphatic rings. The summed E-state index contributed by atoms with van der Waals surface area (Å²) in [5, 5.41) is 19.4. The van der Waals surface area contributed by atoms with Gasteiger partial charge in [-0.05, 0) is 13.0 Å². The van der Waals surface area contributed by atoms with Gasteiger partial charge in [-0.2, -0.15) is 0 Å². The van der Waals surface area contributed by atoms with E-state index in [1.807, 2.05) is 0 Å². The Morgan fingerprint density at radius 3 is 2.57 bits per heavy atom. The number of hydrogen-bond donors (Lipinski definition) is 1. The maximum Gasteiger partial charge on any atom is 0.305 e. The maximum absolute atomic E-state index is 12.3. The van der Waals surface area contributed by atoms with Crippen molar-refractivity contribution >= 4 is 17.6 Å². The average Bonchev–Trinajstić information content (AvgIpc) is 2.46. The summed E-state index contributed by atoms with van der Waals surface area (Å²) in [4.78, 5) is 34.4. The smallest absolute Gasteiger partial charge is 0.305 e. The molecule has 1 aromatic carbocycles. The van der Waals surface area contributed by atoms with Crippen molar-refractivity contribution in [1.29, 1.82) is 0 Å². The summed E-state index contributed by atoms with van der Waals surface area (Å²) >= 11 is 0. The molecule has 0 unspecified atom stereocenters. The highest BCUT2D eigenvalue weighted by atomic mass is 16.6. The molecular weight excluding hydrogens is 280 g/mol. The molecule has 0 atom stereocenters. The number of nitro benzene ring substituents is 1. The van der Waals surface area contributed by atoms with Gasteiger partial charge in [-0.3, -0.25) is 19.7 Å². The second kappa shape index (κ2) is 7.22. The molecule has 1 aromatic rings. The Bertz CT molecular complexity index is 558. The fourth-order valence-corrected chi connectivity index (χ4v) is 1.77. The van der Waals surface area contributed by atoms with E-state index in [4.69, 9.17) is 9.84 Å². The molecule has 0 aromatic heterocycles. The number of nitrogens with zero attached hydrogens (tertiary/aromatic N) is 2. The first-order valence-corrected chi connectivity index (χ1v) is 6.24. The Labute approximate surface area is 121 Å². The standard InChI is InChI=1S/C13H16N2O6/c1-3-14(7-6-12(16)17)13(18)10-5-4-9(15(19)20)8-11(10)21-2/h4-5,8H,3,6-7H2,1-2H3,(H,16,17). The van der Waals surface area contributed by atoms with Gasteiger partial charge in [0.1, 0.15) is 5.75 Å². The lowest BCUT2D eigenvalue weighted by Crippen LogP contribution is -2.33. The average molecular weight is 296 g/mol. The second-order valence-electron chi connectivity index (χ2n) is 4.17. The normalized spacial score (nSPS) is 10.0. The Hall–Kier alpha value is -2.64. The summed E-state index contributed by atoms with van der Waals surface area (Å²) < 4.78 is 5.01. The minimum absolute atomic E-state index is 0.0603. The van der Waals surface area contributed by atoms with E-state index >= 15 is 0 Å². The highest BCUT2D eigenvalue weighted by Gasteiger charge is 2.21. The minimum Gasteiger partial charge on any atom is -0.496 e. The van der Waals surface area contributed by atoms with Gasteiger partial charge in [-0.1, -0.05) is 0 Å². The van der Waals surface area contributed by atoms with Crippen molar-refractivity contribution in [2.75, 3.05) is 20.2 Å². The van der Waals surface area contributed by atoms with Crippen LogP contribution in [-0.4, -0.2) is 47.0 Å². The SMILES string of the molecule is CCN(CCC(=O)O)C(=O)c1ccc([N+](=O)[O-])cc1OC. The summed E-state index contributed by atoms with van der Waals surface area (Å²) in [5.41, 5.74) is -0.0210. The number of methoxy groups -OCH3 is 1. The quantitative estimate of drug-likeness (QED) is 0.603. The van der Waals surface area contributed by atoms with Crippen LogP contribution in [0.4, 0.5) is 5.69 Å². The van der Waals surface area contributed by atoms with Gasteiger partial charge >= 0.3 is 5.97 Å². The third kappa shape index (κ3) is 4.16. The van der Waals surface area contributed by atoms with E-state index in [1.54, 1.807) is 6.92 Å². The molecule has 0 aliphatic carbocycles. The predicted octanol–water partition coefficient (Wildman–Crippen LogP) is 1.54. The van der Waals surface area contributed by atoms with E-state index in [1.165, 1.54) is 24.1 Å². The molecule has 1 amide bonds. The molecule has 0 bridgehead atoms. The number of carbonyl (C=O) groups excluding carboxylic acids is 1. The highest BCUT2D eigenvalue weighted by Crippen LogP contribution is 2.25. The number of carbonyl (C=O) groups is 2. The van der Waals surface area contributed by atoms with Gasteiger partial charge in [0.05, 0.1) is 30.1 Å². The van der Waals surface area contributed by atoms with Gasteiger partial charge in [-0.25, -0.2) is 0 Å². The Morgan fingerprint density at radius 2 is 2.10 bits per heavy atom. The largest absolute Gasteiger partial charge is 0.496 e. The zero-order valence-corrected chi connectivity index (χ0v) is 11.7. The molecule has 114 valence electrons. The Kier molecular flexibility index (Phi) is 5.65. The van der Waals surface area contributed by atoms with E-state index in [2.05, 4.69) is 0 Å². The third-order valence-electron chi connectivity index (χ3n) is 2.89. The fraction of sp³-hybridized carbons (Fsp3) is 0.385. The Morgan fingerprint density at radius 1 is 1.43 bits per heavy atom. The summed E-state index contributed by atoms with van der Waals surface area (Å²) in [6, 6.07) is 3.68. The van der Waals surface area contributed by atoms with Crippen LogP contribution in [0.1, 0.15) is 23.7 Å². The molecule has 0 radical (unpaired) electrons. The first-order chi connectivity index (χ1) is 9.90. The van der Waals surface area contributed by atoms with Crippen molar-refractivity contribution in [3.05, 3.63) is 33.9 Å². The number of carboxylic acid groups (broad SMARTS) is 1. The topological polar surface area (TPSA) is 110 Å². The monoisotopic (exact) mass is 296 g/mol. The molecule has 8 nitrogen and oxygen atoms in total. The molecule has 0 spiro atoms. The number of aliphatic carboxylic acids is 1. The van der Waals surface area contributed by atoms with E-state index in [0.29, 0.717) is 6.54 Å². The van der Waals surface area contributed by atoms with Crippen LogP contribution in [0.2, 0.25) is 0 Å². The molecule has 0 fully saturated rings. The zero-order valence-electron chi connectivity index (χ0n) is 11.7. The summed E-state index contributed by atoms with van der Waals surface area (Å²) in [5.74, 6) is -1.34. The van der Waals surface area contributed by atoms with Gasteiger partial charge in [0.15, 0.2) is 0 Å². The minimum atomic E-state index is -1.00. The van der Waals surface area contributed by atoms with Crippen molar-refractivity contribution < 1.29 is 24.4 Å². The van der Waals surface area contributed by atoms with Crippen LogP contribution in [0.5, 0.6) is 5.75 Å². The molecule has 1 rings (SSSR count). The molecular formula is C13H16N2O6. The van der Waals surface area contributed by atoms with Crippen LogP contribution in [-0.2, 0) is 4.79 Å². The summed E-state index contributed by atoms with van der Waals surface area (Å²) in [7, 11) is 1.31. The van der Waals surface area contributed by atoms with Crippen LogP contribution in [0.25, 0.3) is 0 Å². The van der Waals surface area contributed by atoms with Crippen LogP contribution in [0.15, 0.2) is 18.2 Å². The molecule has 21 heavy (non-hydrogen) atoms. The van der Waals surface area contributed by atoms with Gasteiger partial charge < -0.3 is 14.7 Å². The molecule has 1 N–H and O–H groups in total. The number of benzene rings is 1. The Balaban J connectivity index is 3.04. The number of hydrogen-bond acceptors (Lipinski definition) is 5. The van der Waals surface area contributed by atoms with Crippen molar-refractivity contribution in [2.24, 2.45) is 0 Å². The van der Waals surface area contributed by atoms with Gasteiger partial charge in [0.25, 0.3) is 11.6 Å². The van der Waals surface area contributed by atoms with Crippen molar-refractivity contribution in [3.8, 4) is 5.75 Å². The van der Waals surface area contributed by atoms with E-state index in [0.717, 1.165) is 6.07 Å². The van der Waals surface area contributed by atoms with Crippen molar-refractivity contribution in [3.63, 3.8) is 0 Å². The molecule has 8 heteroatoms. The lowest BCUT2D eigenvalue weighted by molar-refractivity contribution is -0.384. The lowest BCUT2D eigenvalue weighted by atomic mass is 10.1. The van der Waals surface area contributed by atoms with Crippen molar-refractivity contribution in [1.82, 2.24) is 4.90 Å². The first-order valence-electron chi connectivity index (χ1n) is 6.24.